The second-order valence-corrected chi connectivity index (χ2v) is 17.0. The first-order chi connectivity index (χ1) is 27.1. The maximum Gasteiger partial charge on any atom is 0.387 e. The molecule has 288 valence electrons. The first-order valence-electron chi connectivity index (χ1n) is 19.4. The number of ether oxygens (including phenoxy) is 1. The fourth-order valence-corrected chi connectivity index (χ4v) is 10.8. The highest BCUT2D eigenvalue weighted by molar-refractivity contribution is 6.43. The lowest BCUT2D eigenvalue weighted by molar-refractivity contribution is -0.135. The molecule has 6 fully saturated rings. The zero-order valence-electron chi connectivity index (χ0n) is 30.6. The minimum atomic E-state index is -2.93. The topological polar surface area (TPSA) is 86.4 Å². The number of aromatic nitrogens is 2. The van der Waals surface area contributed by atoms with Crippen LogP contribution in [-0.4, -0.2) is 58.7 Å². The minimum absolute atomic E-state index is 0.00907. The van der Waals surface area contributed by atoms with Crippen molar-refractivity contribution in [2.45, 2.75) is 76.2 Å². The molecule has 6 heterocycles. The van der Waals surface area contributed by atoms with Crippen molar-refractivity contribution in [2.75, 3.05) is 24.5 Å². The lowest BCUT2D eigenvalue weighted by atomic mass is 9.79. The van der Waals surface area contributed by atoms with Crippen LogP contribution in [0.5, 0.6) is 5.75 Å². The van der Waals surface area contributed by atoms with Gasteiger partial charge in [0.25, 0.3) is 0 Å². The third kappa shape index (κ3) is 5.65. The average Bonchev–Trinajstić information content (AvgIpc) is 3.46. The number of benzene rings is 3. The van der Waals surface area contributed by atoms with Gasteiger partial charge in [-0.2, -0.15) is 14.0 Å². The molecule has 6 aliphatic rings. The molecule has 5 aromatic rings. The molecule has 56 heavy (non-hydrogen) atoms. The molecule has 2 aromatic heterocycles. The summed E-state index contributed by atoms with van der Waals surface area (Å²) in [5, 5.41) is 15.5. The van der Waals surface area contributed by atoms with Gasteiger partial charge in [0.2, 0.25) is 5.91 Å². The SMILES string of the molecule is Cc1nc2c(F)c(-c3cccc(Cl)c3Cl)c(CCC#N)cc2c2c1cc([C@H]1[C@H]3C[C@H](CN(c4cccc(OC(F)F)c4)C3)N1C(=O)C1CC1)n2[C@H]1[C@H]2CN[C@@H]1C2. The lowest BCUT2D eigenvalue weighted by Gasteiger charge is -2.40. The molecule has 11 rings (SSSR count). The van der Waals surface area contributed by atoms with Crippen LogP contribution in [0.1, 0.15) is 61.1 Å². The number of carbonyl (C=O) groups is 1. The van der Waals surface area contributed by atoms with Crippen molar-refractivity contribution in [1.82, 2.24) is 19.8 Å². The van der Waals surface area contributed by atoms with Gasteiger partial charge in [-0.3, -0.25) is 4.79 Å². The van der Waals surface area contributed by atoms with E-state index >= 15 is 4.39 Å². The second kappa shape index (κ2) is 13.6. The van der Waals surface area contributed by atoms with Crippen molar-refractivity contribution in [2.24, 2.45) is 17.8 Å². The Morgan fingerprint density at radius 3 is 2.62 bits per heavy atom. The van der Waals surface area contributed by atoms with E-state index in [-0.39, 0.29) is 64.6 Å². The summed E-state index contributed by atoms with van der Waals surface area (Å²) in [6, 6.07) is 18.4. The van der Waals surface area contributed by atoms with Crippen molar-refractivity contribution >= 4 is 56.6 Å². The first-order valence-corrected chi connectivity index (χ1v) is 20.2. The summed E-state index contributed by atoms with van der Waals surface area (Å²) in [7, 11) is 0. The molecule has 0 radical (unpaired) electrons. The number of hydrogen-bond acceptors (Lipinski definition) is 6. The van der Waals surface area contributed by atoms with Gasteiger partial charge in [-0.15, -0.1) is 0 Å². The summed E-state index contributed by atoms with van der Waals surface area (Å²) in [5.41, 5.74) is 4.99. The van der Waals surface area contributed by atoms with E-state index in [0.717, 1.165) is 54.5 Å². The third-order valence-corrected chi connectivity index (χ3v) is 13.7. The molecule has 8 nitrogen and oxygen atoms in total. The number of carbonyl (C=O) groups excluding carboxylic acids is 1. The molecule has 4 saturated heterocycles. The Labute approximate surface area is 332 Å². The van der Waals surface area contributed by atoms with Gasteiger partial charge in [0, 0.05) is 89.0 Å². The van der Waals surface area contributed by atoms with Crippen LogP contribution in [0, 0.1) is 41.8 Å². The quantitative estimate of drug-likeness (QED) is 0.160. The number of alkyl halides is 2. The van der Waals surface area contributed by atoms with Crippen LogP contribution in [0.25, 0.3) is 32.9 Å². The van der Waals surface area contributed by atoms with E-state index in [1.165, 1.54) is 6.07 Å². The number of piperidine rings is 1. The number of hydrogen-bond donors (Lipinski definition) is 1. The zero-order chi connectivity index (χ0) is 38.6. The summed E-state index contributed by atoms with van der Waals surface area (Å²) < 4.78 is 50.9. The Bertz CT molecular complexity index is 2470. The Morgan fingerprint density at radius 1 is 1.07 bits per heavy atom. The van der Waals surface area contributed by atoms with Gasteiger partial charge < -0.3 is 24.4 Å². The van der Waals surface area contributed by atoms with Gasteiger partial charge in [0.15, 0.2) is 5.82 Å². The van der Waals surface area contributed by atoms with Gasteiger partial charge in [0.1, 0.15) is 11.3 Å². The van der Waals surface area contributed by atoms with Crippen molar-refractivity contribution in [1.29, 1.82) is 5.26 Å². The minimum Gasteiger partial charge on any atom is -0.435 e. The summed E-state index contributed by atoms with van der Waals surface area (Å²) >= 11 is 13.2. The highest BCUT2D eigenvalue weighted by Crippen LogP contribution is 2.54. The van der Waals surface area contributed by atoms with Crippen LogP contribution < -0.4 is 15.0 Å². The largest absolute Gasteiger partial charge is 0.435 e. The molecule has 4 bridgehead atoms. The molecule has 0 unspecified atom stereocenters. The number of nitrogens with zero attached hydrogens (tertiary/aromatic N) is 5. The highest BCUT2D eigenvalue weighted by atomic mass is 35.5. The van der Waals surface area contributed by atoms with Crippen molar-refractivity contribution in [3.63, 3.8) is 0 Å². The number of pyridine rings is 1. The maximum absolute atomic E-state index is 17.3. The van der Waals surface area contributed by atoms with Gasteiger partial charge in [-0.1, -0.05) is 41.4 Å². The Balaban J connectivity index is 1.18. The van der Waals surface area contributed by atoms with E-state index in [1.807, 2.05) is 19.1 Å². The van der Waals surface area contributed by atoms with Crippen LogP contribution in [0.3, 0.4) is 0 Å². The predicted molar refractivity (Wildman–Crippen MR) is 210 cm³/mol. The number of anilines is 1. The molecular weight excluding hydrogens is 760 g/mol. The maximum atomic E-state index is 17.3. The normalized spacial score (nSPS) is 25.3. The lowest BCUT2D eigenvalue weighted by Crippen LogP contribution is -2.45. The number of amides is 1. The van der Waals surface area contributed by atoms with Crippen LogP contribution in [-0.2, 0) is 11.2 Å². The number of aryl methyl sites for hydroxylation is 2. The Morgan fingerprint density at radius 2 is 1.89 bits per heavy atom. The molecule has 4 aliphatic heterocycles. The van der Waals surface area contributed by atoms with Gasteiger partial charge in [-0.25, -0.2) is 9.37 Å². The number of halogens is 5. The predicted octanol–water partition coefficient (Wildman–Crippen LogP) is 9.39. The standard InChI is InChI=1S/C43H39Cl2F3N6O2/c1-21-30-17-34(40-25-13-27(53(40)42(55)22-10-11-22)20-52(19-25)26-6-2-7-28(16-26)56-43(47)48)54(39-24-15-33(39)50-18-24)41(30)31-14-23(5-4-12-49)35(37(46)38(31)51-21)29-8-3-9-32(44)36(29)45/h2-3,6-9,14,16-17,22,24-25,27,33,39-40,43,50H,4-5,10-11,13,15,18-20H2,1H3/t24-,25+,27-,33-,39+,40-/m1/s1. The molecule has 2 saturated carbocycles. The first kappa shape index (κ1) is 35.9. The van der Waals surface area contributed by atoms with E-state index in [0.29, 0.717) is 58.2 Å². The van der Waals surface area contributed by atoms with E-state index in [4.69, 9.17) is 32.9 Å². The van der Waals surface area contributed by atoms with Crippen LogP contribution >= 0.6 is 23.2 Å². The fraction of sp³-hybridized carbons (Fsp3) is 0.419. The summed E-state index contributed by atoms with van der Waals surface area (Å²) in [5.74, 6) is 0.160. The number of likely N-dealkylation sites (tertiary alicyclic amines) is 1. The van der Waals surface area contributed by atoms with Gasteiger partial charge in [0.05, 0.1) is 39.8 Å². The monoisotopic (exact) mass is 798 g/mol. The van der Waals surface area contributed by atoms with E-state index in [9.17, 15) is 18.8 Å². The Hall–Kier alpha value is -4.50. The second-order valence-electron chi connectivity index (χ2n) is 16.2. The molecule has 0 spiro atoms. The molecule has 13 heteroatoms. The molecule has 2 aliphatic carbocycles. The number of nitriles is 1. The number of fused-ring (bicyclic) bond motifs is 6. The molecule has 6 atom stereocenters. The van der Waals surface area contributed by atoms with Gasteiger partial charge >= 0.3 is 6.61 Å². The van der Waals surface area contributed by atoms with Gasteiger partial charge in [-0.05, 0) is 80.8 Å². The summed E-state index contributed by atoms with van der Waals surface area (Å²) in [4.78, 5) is 23.7. The third-order valence-electron chi connectivity index (χ3n) is 12.9. The van der Waals surface area contributed by atoms with Crippen molar-refractivity contribution in [3.8, 4) is 22.9 Å². The zero-order valence-corrected chi connectivity index (χ0v) is 32.1. The fourth-order valence-electron chi connectivity index (χ4n) is 10.4. The average molecular weight is 800 g/mol. The Kier molecular flexibility index (Phi) is 8.69. The van der Waals surface area contributed by atoms with Crippen molar-refractivity contribution in [3.05, 3.63) is 87.4 Å². The highest BCUT2D eigenvalue weighted by Gasteiger charge is 2.55. The van der Waals surface area contributed by atoms with E-state index in [1.54, 1.807) is 30.3 Å². The molecule has 1 N–H and O–H groups in total. The molecular formula is C43H39Cl2F3N6O2. The van der Waals surface area contributed by atoms with Crippen LogP contribution in [0.4, 0.5) is 18.9 Å². The summed E-state index contributed by atoms with van der Waals surface area (Å²) in [6.07, 6.45) is 4.07. The van der Waals surface area contributed by atoms with E-state index < -0.39 is 12.4 Å². The summed E-state index contributed by atoms with van der Waals surface area (Å²) in [6.45, 7) is 1.06. The smallest absolute Gasteiger partial charge is 0.387 e. The van der Waals surface area contributed by atoms with E-state index in [2.05, 4.69) is 31.8 Å². The molecule has 3 aromatic carbocycles. The number of nitrogens with one attached hydrogen (secondary N) is 1. The van der Waals surface area contributed by atoms with Crippen LogP contribution in [0.2, 0.25) is 10.0 Å². The number of rotatable bonds is 9. The molecule has 1 amide bonds. The van der Waals surface area contributed by atoms with Crippen molar-refractivity contribution < 1.29 is 22.7 Å². The van der Waals surface area contributed by atoms with Crippen LogP contribution in [0.15, 0.2) is 54.6 Å².